The molecule has 232 valence electrons. The summed E-state index contributed by atoms with van der Waals surface area (Å²) < 4.78 is 21.9. The molecule has 43 heavy (non-hydrogen) atoms. The molecule has 3 fully saturated rings. The van der Waals surface area contributed by atoms with Crippen LogP contribution in [0.1, 0.15) is 81.3 Å². The predicted molar refractivity (Wildman–Crippen MR) is 151 cm³/mol. The molecular weight excluding hydrogens is 562 g/mol. The highest BCUT2D eigenvalue weighted by atomic mass is 16.6. The van der Waals surface area contributed by atoms with E-state index in [-0.39, 0.29) is 52.7 Å². The van der Waals surface area contributed by atoms with Crippen molar-refractivity contribution in [2.24, 2.45) is 0 Å². The second kappa shape index (κ2) is 12.0. The van der Waals surface area contributed by atoms with Crippen LogP contribution in [0.2, 0.25) is 0 Å². The van der Waals surface area contributed by atoms with Crippen LogP contribution in [0.5, 0.6) is 17.2 Å². The summed E-state index contributed by atoms with van der Waals surface area (Å²) in [6.45, 7) is 4.94. The number of aldehydes is 1. The molecule has 4 atom stereocenters. The molecule has 3 amide bonds. The van der Waals surface area contributed by atoms with Gasteiger partial charge in [0, 0.05) is 29.8 Å². The molecule has 14 heteroatoms. The molecule has 3 N–H and O–H groups in total. The third-order valence-corrected chi connectivity index (χ3v) is 7.83. The van der Waals surface area contributed by atoms with Gasteiger partial charge in [-0.05, 0) is 59.3 Å². The number of carbonyl (C=O) groups is 4. The first-order valence-electron chi connectivity index (χ1n) is 14.3. The first kappa shape index (κ1) is 30.0. The van der Waals surface area contributed by atoms with Crippen LogP contribution in [-0.2, 0) is 14.3 Å². The number of hydrogen-bond donors (Lipinski definition) is 3. The maximum atomic E-state index is 13.2. The molecule has 2 bridgehead atoms. The van der Waals surface area contributed by atoms with E-state index in [2.05, 4.69) is 15.5 Å². The van der Waals surface area contributed by atoms with Gasteiger partial charge >= 0.3 is 12.2 Å². The van der Waals surface area contributed by atoms with Crippen LogP contribution >= 0.6 is 0 Å². The molecule has 2 heterocycles. The number of H-pyrrole nitrogens is 1. The van der Waals surface area contributed by atoms with E-state index in [1.54, 1.807) is 26.8 Å². The molecule has 1 aromatic carbocycles. The normalized spacial score (nSPS) is 22.8. The predicted octanol–water partition coefficient (Wildman–Crippen LogP) is 4.12. The molecule has 1 aliphatic heterocycles. The van der Waals surface area contributed by atoms with Gasteiger partial charge in [-0.1, -0.05) is 0 Å². The second-order valence-electron chi connectivity index (χ2n) is 12.0. The van der Waals surface area contributed by atoms with Gasteiger partial charge in [0.05, 0.1) is 24.8 Å². The lowest BCUT2D eigenvalue weighted by molar-refractivity contribution is -0.118. The highest BCUT2D eigenvalue weighted by Gasteiger charge is 2.51. The molecule has 2 saturated carbocycles. The van der Waals surface area contributed by atoms with E-state index in [0.29, 0.717) is 19.1 Å². The van der Waals surface area contributed by atoms with Crippen molar-refractivity contribution in [3.05, 3.63) is 29.5 Å². The van der Waals surface area contributed by atoms with Crippen molar-refractivity contribution in [2.75, 3.05) is 19.0 Å². The van der Waals surface area contributed by atoms with E-state index in [9.17, 15) is 24.3 Å². The van der Waals surface area contributed by atoms with Crippen molar-refractivity contribution in [3.8, 4) is 17.2 Å². The molecule has 2 aliphatic carbocycles. The lowest BCUT2D eigenvalue weighted by atomic mass is 10.0. The van der Waals surface area contributed by atoms with Crippen molar-refractivity contribution in [2.45, 2.75) is 89.0 Å². The van der Waals surface area contributed by atoms with Crippen molar-refractivity contribution in [1.29, 1.82) is 0 Å². The van der Waals surface area contributed by atoms with Crippen molar-refractivity contribution in [3.63, 3.8) is 0 Å². The van der Waals surface area contributed by atoms with Gasteiger partial charge in [0.1, 0.15) is 29.0 Å². The third-order valence-electron chi connectivity index (χ3n) is 7.83. The Morgan fingerprint density at radius 1 is 1.07 bits per heavy atom. The third kappa shape index (κ3) is 6.62. The number of aromatic amines is 1. The summed E-state index contributed by atoms with van der Waals surface area (Å²) in [7, 11) is 1.40. The Hall–Kier alpha value is -4.49. The van der Waals surface area contributed by atoms with E-state index in [1.807, 2.05) is 0 Å². The fraction of sp³-hybridized carbons (Fsp3) is 0.552. The van der Waals surface area contributed by atoms with Gasteiger partial charge in [-0.2, -0.15) is 5.10 Å². The summed E-state index contributed by atoms with van der Waals surface area (Å²) in [5.74, 6) is -0.259. The number of fused-ring (bicyclic) bond motifs is 2. The minimum absolute atomic E-state index is 0.00670. The Labute approximate surface area is 248 Å². The zero-order chi connectivity index (χ0) is 30.9. The molecule has 3 aliphatic rings. The van der Waals surface area contributed by atoms with Crippen LogP contribution in [-0.4, -0.2) is 87.2 Å². The zero-order valence-corrected chi connectivity index (χ0v) is 24.6. The van der Waals surface area contributed by atoms with Crippen molar-refractivity contribution >= 4 is 30.2 Å². The molecular formula is C29H37N5O9. The number of phenols is 1. The molecule has 0 radical (unpaired) electrons. The van der Waals surface area contributed by atoms with Crippen molar-refractivity contribution in [1.82, 2.24) is 20.2 Å². The number of carbonyl (C=O) groups excluding carboxylic acids is 4. The van der Waals surface area contributed by atoms with Gasteiger partial charge in [-0.3, -0.25) is 14.7 Å². The lowest BCUT2D eigenvalue weighted by Crippen LogP contribution is -2.54. The van der Waals surface area contributed by atoms with Gasteiger partial charge in [-0.25, -0.2) is 19.6 Å². The Morgan fingerprint density at radius 3 is 2.47 bits per heavy atom. The maximum absolute atomic E-state index is 13.2. The Kier molecular flexibility index (Phi) is 8.38. The van der Waals surface area contributed by atoms with Gasteiger partial charge in [0.2, 0.25) is 0 Å². The van der Waals surface area contributed by atoms with E-state index in [0.717, 1.165) is 31.4 Å². The van der Waals surface area contributed by atoms with Gasteiger partial charge in [0.15, 0.2) is 18.7 Å². The summed E-state index contributed by atoms with van der Waals surface area (Å²) in [6.07, 6.45) is 3.33. The molecule has 2 aromatic rings. The minimum atomic E-state index is -0.678. The lowest BCUT2D eigenvalue weighted by Gasteiger charge is -2.38. The van der Waals surface area contributed by atoms with Crippen LogP contribution in [0.3, 0.4) is 0 Å². The van der Waals surface area contributed by atoms with E-state index in [1.165, 1.54) is 29.3 Å². The summed E-state index contributed by atoms with van der Waals surface area (Å²) in [5, 5.41) is 22.6. The molecule has 1 aromatic heterocycles. The number of aromatic hydroxyl groups is 1. The standard InChI is InChI=1S/C29H37N5O9/c1-29(2,3)43-28(39)34-18-7-6-17(10-18)33(34)27(38)42-19-8-5-16(9-19)22-13-25(32-31-22)30-26(37)15-41-24-12-20(40-4)11-23(36)21(24)14-35/h11-14,16-19,36H,5-10,15H2,1-4H3,(H2,30,31,32,37)/t16-,17?,18?,19+/m0/s1. The van der Waals surface area contributed by atoms with Gasteiger partial charge < -0.3 is 29.4 Å². The van der Waals surface area contributed by atoms with Gasteiger partial charge in [0.25, 0.3) is 5.91 Å². The number of amides is 3. The van der Waals surface area contributed by atoms with Gasteiger partial charge in [-0.15, -0.1) is 0 Å². The molecule has 14 nitrogen and oxygen atoms in total. The number of benzene rings is 1. The topological polar surface area (TPSA) is 173 Å². The number of ether oxygens (including phenoxy) is 4. The zero-order valence-electron chi connectivity index (χ0n) is 24.6. The number of nitrogens with zero attached hydrogens (tertiary/aromatic N) is 3. The largest absolute Gasteiger partial charge is 0.507 e. The molecule has 5 rings (SSSR count). The number of rotatable bonds is 8. The quantitative estimate of drug-likeness (QED) is 0.375. The highest BCUT2D eigenvalue weighted by Crippen LogP contribution is 2.41. The van der Waals surface area contributed by atoms with Crippen LogP contribution in [0, 0.1) is 0 Å². The molecule has 0 spiro atoms. The number of aromatic nitrogens is 2. The summed E-state index contributed by atoms with van der Waals surface area (Å²) in [4.78, 5) is 49.9. The number of phenolic OH excluding ortho intramolecular Hbond substituents is 1. The fourth-order valence-electron chi connectivity index (χ4n) is 5.91. The minimum Gasteiger partial charge on any atom is -0.507 e. The Morgan fingerprint density at radius 2 is 1.79 bits per heavy atom. The van der Waals surface area contributed by atoms with E-state index in [4.69, 9.17) is 18.9 Å². The average molecular weight is 600 g/mol. The first-order valence-corrected chi connectivity index (χ1v) is 14.3. The smallest absolute Gasteiger partial charge is 0.429 e. The monoisotopic (exact) mass is 599 g/mol. The Balaban J connectivity index is 1.13. The number of anilines is 1. The number of hydrazine groups is 1. The second-order valence-corrected chi connectivity index (χ2v) is 12.0. The summed E-state index contributed by atoms with van der Waals surface area (Å²) >= 11 is 0. The van der Waals surface area contributed by atoms with Crippen LogP contribution < -0.4 is 14.8 Å². The van der Waals surface area contributed by atoms with Crippen LogP contribution in [0.15, 0.2) is 18.2 Å². The van der Waals surface area contributed by atoms with Crippen molar-refractivity contribution < 1.29 is 43.2 Å². The van der Waals surface area contributed by atoms with E-state index < -0.39 is 30.3 Å². The Bertz CT molecular complexity index is 1390. The van der Waals surface area contributed by atoms with E-state index >= 15 is 0 Å². The fourth-order valence-corrected chi connectivity index (χ4v) is 5.91. The number of hydrogen-bond acceptors (Lipinski definition) is 10. The summed E-state index contributed by atoms with van der Waals surface area (Å²) in [5.41, 5.74) is 0.0101. The number of methoxy groups -OCH3 is 1. The SMILES string of the molecule is COc1cc(O)c(C=O)c(OCC(=O)Nc2cc([C@H]3CC[C@@H](OC(=O)N4C5CCC(C5)N4C(=O)OC(C)(C)C)C3)[nH]n2)c1. The average Bonchev–Trinajstić information content (AvgIpc) is 3.75. The maximum Gasteiger partial charge on any atom is 0.429 e. The first-order chi connectivity index (χ1) is 20.5. The highest BCUT2D eigenvalue weighted by molar-refractivity contribution is 5.91. The molecule has 1 saturated heterocycles. The van der Waals surface area contributed by atoms with Crippen LogP contribution in [0.4, 0.5) is 15.4 Å². The summed E-state index contributed by atoms with van der Waals surface area (Å²) in [6, 6.07) is 4.23. The molecule has 2 unspecified atom stereocenters. The number of nitrogens with one attached hydrogen (secondary N) is 2. The van der Waals surface area contributed by atoms with Crippen LogP contribution in [0.25, 0.3) is 0 Å².